The monoisotopic (exact) mass is 249 g/mol. The SMILES string of the molecule is CC(C)C1(CCc2cc[nH]c2)CC(=O)CC(=O)O1. The van der Waals surface area contributed by atoms with Crippen LogP contribution in [0.5, 0.6) is 0 Å². The second-order valence-electron chi connectivity index (χ2n) is 5.31. The molecule has 1 aromatic rings. The van der Waals surface area contributed by atoms with Crippen LogP contribution in [0.1, 0.15) is 38.7 Å². The summed E-state index contributed by atoms with van der Waals surface area (Å²) in [7, 11) is 0. The van der Waals surface area contributed by atoms with Gasteiger partial charge in [0.1, 0.15) is 17.8 Å². The molecule has 0 saturated carbocycles. The lowest BCUT2D eigenvalue weighted by atomic mass is 9.79. The number of aromatic amines is 1. The molecule has 4 heteroatoms. The third kappa shape index (κ3) is 2.63. The van der Waals surface area contributed by atoms with Gasteiger partial charge in [0.2, 0.25) is 0 Å². The largest absolute Gasteiger partial charge is 0.458 e. The van der Waals surface area contributed by atoms with Gasteiger partial charge in [-0.15, -0.1) is 0 Å². The smallest absolute Gasteiger partial charge is 0.313 e. The zero-order chi connectivity index (χ0) is 13.2. The van der Waals surface area contributed by atoms with Crippen LogP contribution in [-0.4, -0.2) is 22.3 Å². The predicted octanol–water partition coefficient (Wildman–Crippen LogP) is 2.25. The highest BCUT2D eigenvalue weighted by atomic mass is 16.6. The average Bonchev–Trinajstić information content (AvgIpc) is 2.77. The van der Waals surface area contributed by atoms with Gasteiger partial charge in [-0.25, -0.2) is 0 Å². The molecule has 0 bridgehead atoms. The van der Waals surface area contributed by atoms with Crippen LogP contribution < -0.4 is 0 Å². The van der Waals surface area contributed by atoms with Crippen LogP contribution >= 0.6 is 0 Å². The van der Waals surface area contributed by atoms with E-state index >= 15 is 0 Å². The van der Waals surface area contributed by atoms with E-state index in [0.29, 0.717) is 12.8 Å². The maximum Gasteiger partial charge on any atom is 0.313 e. The average molecular weight is 249 g/mol. The number of aromatic nitrogens is 1. The number of carbonyl (C=O) groups is 2. The molecular weight excluding hydrogens is 230 g/mol. The Morgan fingerprint density at radius 1 is 1.44 bits per heavy atom. The zero-order valence-electron chi connectivity index (χ0n) is 10.9. The van der Waals surface area contributed by atoms with E-state index in [1.165, 1.54) is 5.56 Å². The number of H-pyrrole nitrogens is 1. The van der Waals surface area contributed by atoms with Crippen molar-refractivity contribution >= 4 is 11.8 Å². The lowest BCUT2D eigenvalue weighted by molar-refractivity contribution is -0.177. The summed E-state index contributed by atoms with van der Waals surface area (Å²) in [4.78, 5) is 26.2. The zero-order valence-corrected chi connectivity index (χ0v) is 10.9. The number of aryl methyl sites for hydroxylation is 1. The minimum atomic E-state index is -0.621. The number of esters is 1. The van der Waals surface area contributed by atoms with E-state index < -0.39 is 5.60 Å². The maximum absolute atomic E-state index is 11.6. The number of carbonyl (C=O) groups excluding carboxylic acids is 2. The first-order valence-corrected chi connectivity index (χ1v) is 6.37. The van der Waals surface area contributed by atoms with Gasteiger partial charge in [-0.1, -0.05) is 13.8 Å². The van der Waals surface area contributed by atoms with Crippen molar-refractivity contribution in [2.45, 2.75) is 45.1 Å². The highest BCUT2D eigenvalue weighted by Crippen LogP contribution is 2.35. The molecule has 0 radical (unpaired) electrons. The fourth-order valence-corrected chi connectivity index (χ4v) is 2.48. The number of cyclic esters (lactones) is 1. The molecule has 1 atom stereocenters. The minimum absolute atomic E-state index is 0.00554. The van der Waals surface area contributed by atoms with Gasteiger partial charge in [-0.05, 0) is 30.4 Å². The summed E-state index contributed by atoms with van der Waals surface area (Å²) >= 11 is 0. The van der Waals surface area contributed by atoms with Crippen molar-refractivity contribution in [3.05, 3.63) is 24.0 Å². The van der Waals surface area contributed by atoms with E-state index in [9.17, 15) is 9.59 Å². The molecule has 4 nitrogen and oxygen atoms in total. The maximum atomic E-state index is 11.6. The standard InChI is InChI=1S/C14H19NO3/c1-10(2)14(5-3-11-4-6-15-9-11)8-12(16)7-13(17)18-14/h4,6,9-10,15H,3,5,7-8H2,1-2H3. The number of rotatable bonds is 4. The van der Waals surface area contributed by atoms with Crippen molar-refractivity contribution in [3.8, 4) is 0 Å². The molecule has 0 aromatic carbocycles. The van der Waals surface area contributed by atoms with E-state index in [4.69, 9.17) is 4.74 Å². The van der Waals surface area contributed by atoms with E-state index in [1.54, 1.807) is 0 Å². The van der Waals surface area contributed by atoms with E-state index in [2.05, 4.69) is 4.98 Å². The summed E-state index contributed by atoms with van der Waals surface area (Å²) in [5, 5.41) is 0. The molecule has 1 fully saturated rings. The van der Waals surface area contributed by atoms with Crippen LogP contribution in [0.2, 0.25) is 0 Å². The number of nitrogens with one attached hydrogen (secondary N) is 1. The van der Waals surface area contributed by atoms with E-state index in [0.717, 1.165) is 6.42 Å². The molecule has 0 aliphatic carbocycles. The van der Waals surface area contributed by atoms with Crippen LogP contribution in [0.25, 0.3) is 0 Å². The van der Waals surface area contributed by atoms with Crippen molar-refractivity contribution in [3.63, 3.8) is 0 Å². The molecule has 0 spiro atoms. The Morgan fingerprint density at radius 2 is 2.22 bits per heavy atom. The highest BCUT2D eigenvalue weighted by Gasteiger charge is 2.43. The molecule has 0 amide bonds. The third-order valence-electron chi connectivity index (χ3n) is 3.71. The molecule has 1 aromatic heterocycles. The van der Waals surface area contributed by atoms with Crippen LogP contribution in [0.15, 0.2) is 18.5 Å². The molecule has 2 heterocycles. The fourth-order valence-electron chi connectivity index (χ4n) is 2.48. The molecule has 98 valence electrons. The van der Waals surface area contributed by atoms with Crippen LogP contribution in [-0.2, 0) is 20.7 Å². The number of hydrogen-bond donors (Lipinski definition) is 1. The molecule has 1 saturated heterocycles. The molecule has 1 aliphatic rings. The van der Waals surface area contributed by atoms with Gasteiger partial charge in [-0.3, -0.25) is 9.59 Å². The molecule has 1 N–H and O–H groups in total. The Hall–Kier alpha value is -1.58. The topological polar surface area (TPSA) is 59.2 Å². The van der Waals surface area contributed by atoms with Crippen LogP contribution in [0, 0.1) is 5.92 Å². The summed E-state index contributed by atoms with van der Waals surface area (Å²) in [6.07, 6.45) is 5.58. The molecule has 2 rings (SSSR count). The van der Waals surface area contributed by atoms with Gasteiger partial charge in [0.05, 0.1) is 0 Å². The van der Waals surface area contributed by atoms with E-state index in [-0.39, 0.29) is 24.1 Å². The molecule has 1 aliphatic heterocycles. The van der Waals surface area contributed by atoms with Crippen molar-refractivity contribution < 1.29 is 14.3 Å². The highest BCUT2D eigenvalue weighted by molar-refractivity contribution is 5.98. The first-order chi connectivity index (χ1) is 8.52. The molecule has 18 heavy (non-hydrogen) atoms. The number of Topliss-reactive ketones (excluding diaryl/α,β-unsaturated/α-hetero) is 1. The minimum Gasteiger partial charge on any atom is -0.458 e. The van der Waals surface area contributed by atoms with Crippen LogP contribution in [0.3, 0.4) is 0 Å². The quantitative estimate of drug-likeness (QED) is 0.657. The number of ether oxygens (including phenoxy) is 1. The third-order valence-corrected chi connectivity index (χ3v) is 3.71. The predicted molar refractivity (Wildman–Crippen MR) is 67.0 cm³/mol. The normalized spacial score (nSPS) is 24.4. The number of hydrogen-bond acceptors (Lipinski definition) is 3. The van der Waals surface area contributed by atoms with Crippen molar-refractivity contribution in [1.29, 1.82) is 0 Å². The van der Waals surface area contributed by atoms with Crippen LogP contribution in [0.4, 0.5) is 0 Å². The van der Waals surface area contributed by atoms with Crippen molar-refractivity contribution in [1.82, 2.24) is 4.98 Å². The van der Waals surface area contributed by atoms with Gasteiger partial charge >= 0.3 is 5.97 Å². The van der Waals surface area contributed by atoms with Gasteiger partial charge in [0, 0.05) is 18.8 Å². The summed E-state index contributed by atoms with van der Waals surface area (Å²) < 4.78 is 5.53. The second kappa shape index (κ2) is 4.96. The number of ketones is 1. The van der Waals surface area contributed by atoms with Crippen molar-refractivity contribution in [2.75, 3.05) is 0 Å². The Morgan fingerprint density at radius 3 is 2.78 bits per heavy atom. The van der Waals surface area contributed by atoms with Gasteiger partial charge < -0.3 is 9.72 Å². The molecule has 1 unspecified atom stereocenters. The summed E-state index contributed by atoms with van der Waals surface area (Å²) in [6.45, 7) is 4.01. The summed E-state index contributed by atoms with van der Waals surface area (Å²) in [5.41, 5.74) is 0.549. The van der Waals surface area contributed by atoms with E-state index in [1.807, 2.05) is 32.3 Å². The Kier molecular flexibility index (Phi) is 3.55. The second-order valence-corrected chi connectivity index (χ2v) is 5.31. The van der Waals surface area contributed by atoms with Gasteiger partial charge in [0.15, 0.2) is 0 Å². The Balaban J connectivity index is 2.11. The van der Waals surface area contributed by atoms with Gasteiger partial charge in [-0.2, -0.15) is 0 Å². The lowest BCUT2D eigenvalue weighted by Crippen LogP contribution is -2.47. The Bertz CT molecular complexity index is 418. The summed E-state index contributed by atoms with van der Waals surface area (Å²) in [6, 6.07) is 2.00. The lowest BCUT2D eigenvalue weighted by Gasteiger charge is -2.39. The molecular formula is C14H19NO3. The first-order valence-electron chi connectivity index (χ1n) is 6.37. The summed E-state index contributed by atoms with van der Waals surface area (Å²) in [5.74, 6) is -0.243. The van der Waals surface area contributed by atoms with Gasteiger partial charge in [0.25, 0.3) is 0 Å². The fraction of sp³-hybridized carbons (Fsp3) is 0.571. The first kappa shape index (κ1) is 12.9. The van der Waals surface area contributed by atoms with Crippen molar-refractivity contribution in [2.24, 2.45) is 5.92 Å². The Labute approximate surface area is 107 Å².